The van der Waals surface area contributed by atoms with Crippen molar-refractivity contribution in [3.63, 3.8) is 0 Å². The molecular weight excluding hydrogens is 240 g/mol. The third kappa shape index (κ3) is 1.55. The predicted octanol–water partition coefficient (Wildman–Crippen LogP) is 3.58. The highest BCUT2D eigenvalue weighted by atomic mass is 16.4. The van der Waals surface area contributed by atoms with Crippen molar-refractivity contribution in [2.24, 2.45) is 0 Å². The Labute approximate surface area is 110 Å². The summed E-state index contributed by atoms with van der Waals surface area (Å²) >= 11 is 0. The smallest absolute Gasteiger partial charge is 0.344 e. The van der Waals surface area contributed by atoms with Crippen molar-refractivity contribution in [1.82, 2.24) is 0 Å². The molecule has 19 heavy (non-hydrogen) atoms. The highest BCUT2D eigenvalue weighted by molar-refractivity contribution is 6.06. The van der Waals surface area contributed by atoms with Crippen LogP contribution in [-0.2, 0) is 0 Å². The zero-order valence-corrected chi connectivity index (χ0v) is 11.1. The molecule has 0 spiro atoms. The average Bonchev–Trinajstić information content (AvgIpc) is 2.38. The molecule has 0 aliphatic heterocycles. The lowest BCUT2D eigenvalue weighted by atomic mass is 9.99. The minimum absolute atomic E-state index is 0.138. The third-order valence-corrected chi connectivity index (χ3v) is 3.80. The van der Waals surface area contributed by atoms with Gasteiger partial charge in [0.2, 0.25) is 0 Å². The molecule has 0 bridgehead atoms. The van der Waals surface area contributed by atoms with E-state index >= 15 is 0 Å². The van der Waals surface area contributed by atoms with Crippen LogP contribution in [0.2, 0.25) is 0 Å². The summed E-state index contributed by atoms with van der Waals surface area (Å²) in [4.78, 5) is 12.2. The molecule has 3 aromatic rings. The first-order chi connectivity index (χ1) is 9.00. The molecule has 0 saturated heterocycles. The molecule has 0 unspecified atom stereocenters. The number of fused-ring (bicyclic) bond motifs is 3. The van der Waals surface area contributed by atoms with Crippen LogP contribution in [0.4, 0.5) is 0 Å². The molecule has 3 nitrogen and oxygen atoms in total. The summed E-state index contributed by atoms with van der Waals surface area (Å²) in [5.74, 6) is 0.138. The molecule has 1 heterocycles. The average molecular weight is 254 g/mol. The summed E-state index contributed by atoms with van der Waals surface area (Å²) in [5, 5.41) is 12.1. The summed E-state index contributed by atoms with van der Waals surface area (Å²) < 4.78 is 5.41. The van der Waals surface area contributed by atoms with Crippen LogP contribution in [0.3, 0.4) is 0 Å². The molecule has 1 N–H and O–H groups in total. The van der Waals surface area contributed by atoms with Gasteiger partial charge >= 0.3 is 5.63 Å². The first-order valence-electron chi connectivity index (χ1n) is 6.16. The minimum atomic E-state index is -0.350. The van der Waals surface area contributed by atoms with Crippen LogP contribution < -0.4 is 5.63 Å². The second kappa shape index (κ2) is 3.85. The first-order valence-corrected chi connectivity index (χ1v) is 6.16. The van der Waals surface area contributed by atoms with Gasteiger partial charge in [0.05, 0.1) is 5.39 Å². The van der Waals surface area contributed by atoms with Crippen molar-refractivity contribution in [3.8, 4) is 5.75 Å². The number of rotatable bonds is 0. The predicted molar refractivity (Wildman–Crippen MR) is 75.9 cm³/mol. The molecular formula is C16H14O3. The maximum Gasteiger partial charge on any atom is 0.344 e. The molecule has 3 rings (SSSR count). The van der Waals surface area contributed by atoms with E-state index in [1.165, 1.54) is 0 Å². The van der Waals surface area contributed by atoms with Crippen LogP contribution in [0.25, 0.3) is 21.7 Å². The molecule has 3 heteroatoms. The Hall–Kier alpha value is -2.29. The van der Waals surface area contributed by atoms with Gasteiger partial charge < -0.3 is 9.52 Å². The molecule has 0 aliphatic carbocycles. The fraction of sp³-hybridized carbons (Fsp3) is 0.188. The Morgan fingerprint density at radius 2 is 1.63 bits per heavy atom. The first kappa shape index (κ1) is 11.8. The topological polar surface area (TPSA) is 50.4 Å². The maximum absolute atomic E-state index is 12.2. The second-order valence-electron chi connectivity index (χ2n) is 4.91. The molecule has 0 fully saturated rings. The van der Waals surface area contributed by atoms with Crippen LogP contribution in [0.5, 0.6) is 5.75 Å². The van der Waals surface area contributed by atoms with E-state index < -0.39 is 0 Å². The van der Waals surface area contributed by atoms with E-state index in [9.17, 15) is 9.90 Å². The van der Waals surface area contributed by atoms with Crippen molar-refractivity contribution in [2.45, 2.75) is 20.8 Å². The molecule has 0 amide bonds. The van der Waals surface area contributed by atoms with Crippen LogP contribution in [0, 0.1) is 20.8 Å². The van der Waals surface area contributed by atoms with Gasteiger partial charge in [0.15, 0.2) is 0 Å². The summed E-state index contributed by atoms with van der Waals surface area (Å²) in [6, 6.07) is 7.36. The quantitative estimate of drug-likeness (QED) is 0.493. The number of hydrogen-bond donors (Lipinski definition) is 1. The van der Waals surface area contributed by atoms with Crippen LogP contribution in [0.1, 0.15) is 16.7 Å². The van der Waals surface area contributed by atoms with E-state index in [1.54, 1.807) is 19.1 Å². The van der Waals surface area contributed by atoms with Crippen molar-refractivity contribution in [2.75, 3.05) is 0 Å². The molecule has 0 atom stereocenters. The number of phenols is 1. The van der Waals surface area contributed by atoms with Gasteiger partial charge in [-0.2, -0.15) is 0 Å². The zero-order chi connectivity index (χ0) is 13.7. The van der Waals surface area contributed by atoms with Crippen molar-refractivity contribution in [1.29, 1.82) is 0 Å². The number of aryl methyl sites for hydroxylation is 3. The molecule has 0 radical (unpaired) electrons. The van der Waals surface area contributed by atoms with Gasteiger partial charge in [-0.1, -0.05) is 12.1 Å². The molecule has 1 aromatic heterocycles. The maximum atomic E-state index is 12.2. The number of phenolic OH excluding ortho intramolecular Hbond substituents is 1. The normalized spacial score (nSPS) is 11.3. The van der Waals surface area contributed by atoms with E-state index in [2.05, 4.69) is 0 Å². The van der Waals surface area contributed by atoms with Gasteiger partial charge in [0.1, 0.15) is 11.3 Å². The largest absolute Gasteiger partial charge is 0.508 e. The Morgan fingerprint density at radius 3 is 2.37 bits per heavy atom. The lowest BCUT2D eigenvalue weighted by Crippen LogP contribution is -2.03. The van der Waals surface area contributed by atoms with Gasteiger partial charge in [-0.3, -0.25) is 0 Å². The number of hydrogen-bond acceptors (Lipinski definition) is 3. The van der Waals surface area contributed by atoms with E-state index in [-0.39, 0.29) is 11.4 Å². The Kier molecular flexibility index (Phi) is 2.39. The van der Waals surface area contributed by atoms with Gasteiger partial charge in [-0.25, -0.2) is 4.79 Å². The Morgan fingerprint density at radius 1 is 0.947 bits per heavy atom. The van der Waals surface area contributed by atoms with E-state index in [1.807, 2.05) is 26.0 Å². The molecule has 0 aliphatic rings. The highest BCUT2D eigenvalue weighted by Gasteiger charge is 2.13. The SMILES string of the molecule is Cc1ccc2c(c1C)c(=O)oc1c(C)c(O)ccc12. The third-order valence-electron chi connectivity index (χ3n) is 3.80. The van der Waals surface area contributed by atoms with Crippen LogP contribution in [-0.4, -0.2) is 5.11 Å². The summed E-state index contributed by atoms with van der Waals surface area (Å²) in [6.45, 7) is 5.64. The Bertz CT molecular complexity index is 873. The van der Waals surface area contributed by atoms with E-state index in [4.69, 9.17) is 4.42 Å². The highest BCUT2D eigenvalue weighted by Crippen LogP contribution is 2.31. The van der Waals surface area contributed by atoms with Crippen molar-refractivity contribution < 1.29 is 9.52 Å². The lowest BCUT2D eigenvalue weighted by Gasteiger charge is -2.09. The van der Waals surface area contributed by atoms with Gasteiger partial charge in [-0.15, -0.1) is 0 Å². The van der Waals surface area contributed by atoms with Gasteiger partial charge in [0, 0.05) is 16.3 Å². The molecule has 0 saturated carbocycles. The molecule has 96 valence electrons. The summed E-state index contributed by atoms with van der Waals surface area (Å²) in [7, 11) is 0. The lowest BCUT2D eigenvalue weighted by molar-refractivity contribution is 0.468. The van der Waals surface area contributed by atoms with E-state index in [0.717, 1.165) is 21.9 Å². The summed E-state index contributed by atoms with van der Waals surface area (Å²) in [5.41, 5.74) is 2.71. The van der Waals surface area contributed by atoms with E-state index in [0.29, 0.717) is 16.5 Å². The number of benzene rings is 2. The summed E-state index contributed by atoms with van der Waals surface area (Å²) in [6.07, 6.45) is 0. The van der Waals surface area contributed by atoms with Crippen molar-refractivity contribution in [3.05, 3.63) is 51.4 Å². The standard InChI is InChI=1S/C16H14O3/c1-8-4-5-11-12-6-7-13(17)10(3)15(12)19-16(18)14(11)9(8)2/h4-7,17H,1-3H3. The van der Waals surface area contributed by atoms with Gasteiger partial charge in [0.25, 0.3) is 0 Å². The van der Waals surface area contributed by atoms with Crippen molar-refractivity contribution >= 4 is 21.7 Å². The fourth-order valence-corrected chi connectivity index (χ4v) is 2.47. The zero-order valence-electron chi connectivity index (χ0n) is 11.1. The number of aromatic hydroxyl groups is 1. The van der Waals surface area contributed by atoms with Gasteiger partial charge in [-0.05, 0) is 44.0 Å². The monoisotopic (exact) mass is 254 g/mol. The Balaban J connectivity index is 2.67. The molecule has 2 aromatic carbocycles. The van der Waals surface area contributed by atoms with Crippen LogP contribution >= 0.6 is 0 Å². The minimum Gasteiger partial charge on any atom is -0.508 e. The fourth-order valence-electron chi connectivity index (χ4n) is 2.47. The van der Waals surface area contributed by atoms with Crippen LogP contribution in [0.15, 0.2) is 33.5 Å². The second-order valence-corrected chi connectivity index (χ2v) is 4.91.